The van der Waals surface area contributed by atoms with Crippen LogP contribution in [0.4, 0.5) is 0 Å². The van der Waals surface area contributed by atoms with E-state index >= 15 is 0 Å². The van der Waals surface area contributed by atoms with Crippen molar-refractivity contribution in [1.82, 2.24) is 5.32 Å². The average Bonchev–Trinajstić information content (AvgIpc) is 2.36. The number of ether oxygens (including phenoxy) is 1. The van der Waals surface area contributed by atoms with Crippen LogP contribution < -0.4 is 10.1 Å². The maximum Gasteiger partial charge on any atom is 0.119 e. The molecule has 0 amide bonds. The SMILES string of the molecule is CCCOc1cccc(CCCCNC(C)C)c1. The molecule has 0 aliphatic rings. The van der Waals surface area contributed by atoms with Crippen molar-refractivity contribution in [3.63, 3.8) is 0 Å². The van der Waals surface area contributed by atoms with Gasteiger partial charge in [-0.25, -0.2) is 0 Å². The zero-order valence-electron chi connectivity index (χ0n) is 12.0. The monoisotopic (exact) mass is 249 g/mol. The third-order valence-electron chi connectivity index (χ3n) is 2.82. The molecule has 102 valence electrons. The van der Waals surface area contributed by atoms with Gasteiger partial charge < -0.3 is 10.1 Å². The van der Waals surface area contributed by atoms with E-state index in [1.165, 1.54) is 18.4 Å². The molecule has 0 atom stereocenters. The molecular formula is C16H27NO. The molecule has 0 bridgehead atoms. The molecule has 1 N–H and O–H groups in total. The lowest BCUT2D eigenvalue weighted by Gasteiger charge is -2.09. The summed E-state index contributed by atoms with van der Waals surface area (Å²) in [6, 6.07) is 9.09. The van der Waals surface area contributed by atoms with E-state index in [0.29, 0.717) is 6.04 Å². The van der Waals surface area contributed by atoms with Gasteiger partial charge in [0.15, 0.2) is 0 Å². The zero-order chi connectivity index (χ0) is 13.2. The summed E-state index contributed by atoms with van der Waals surface area (Å²) in [5, 5.41) is 3.45. The first-order valence-corrected chi connectivity index (χ1v) is 7.17. The number of hydrogen-bond acceptors (Lipinski definition) is 2. The maximum absolute atomic E-state index is 5.64. The Morgan fingerprint density at radius 2 is 2.06 bits per heavy atom. The van der Waals surface area contributed by atoms with Crippen molar-refractivity contribution in [2.45, 2.75) is 52.5 Å². The fourth-order valence-corrected chi connectivity index (χ4v) is 1.86. The summed E-state index contributed by atoms with van der Waals surface area (Å²) >= 11 is 0. The summed E-state index contributed by atoms with van der Waals surface area (Å²) in [5.74, 6) is 1.01. The van der Waals surface area contributed by atoms with Crippen LogP contribution in [-0.4, -0.2) is 19.2 Å². The number of rotatable bonds is 9. The zero-order valence-corrected chi connectivity index (χ0v) is 12.0. The van der Waals surface area contributed by atoms with Crippen molar-refractivity contribution in [3.05, 3.63) is 29.8 Å². The van der Waals surface area contributed by atoms with E-state index in [9.17, 15) is 0 Å². The lowest BCUT2D eigenvalue weighted by Crippen LogP contribution is -2.23. The Bertz CT molecular complexity index is 323. The molecule has 1 rings (SSSR count). The van der Waals surface area contributed by atoms with E-state index in [-0.39, 0.29) is 0 Å². The maximum atomic E-state index is 5.64. The molecule has 2 heteroatoms. The van der Waals surface area contributed by atoms with Gasteiger partial charge in [-0.3, -0.25) is 0 Å². The molecule has 0 unspecified atom stereocenters. The molecule has 0 aliphatic carbocycles. The van der Waals surface area contributed by atoms with E-state index in [1.807, 2.05) is 6.07 Å². The molecule has 0 aliphatic heterocycles. The number of nitrogens with one attached hydrogen (secondary N) is 1. The summed E-state index contributed by atoms with van der Waals surface area (Å²) in [4.78, 5) is 0. The van der Waals surface area contributed by atoms with Gasteiger partial charge in [0, 0.05) is 6.04 Å². The Kier molecular flexibility index (Phi) is 7.51. The Morgan fingerprint density at radius 3 is 2.78 bits per heavy atom. The van der Waals surface area contributed by atoms with Crippen LogP contribution in [0.1, 0.15) is 45.6 Å². The number of hydrogen-bond donors (Lipinski definition) is 1. The van der Waals surface area contributed by atoms with Gasteiger partial charge in [0.25, 0.3) is 0 Å². The van der Waals surface area contributed by atoms with Crippen molar-refractivity contribution in [1.29, 1.82) is 0 Å². The molecule has 18 heavy (non-hydrogen) atoms. The molecule has 0 saturated heterocycles. The van der Waals surface area contributed by atoms with Crippen LogP contribution in [0.25, 0.3) is 0 Å². The lowest BCUT2D eigenvalue weighted by molar-refractivity contribution is 0.317. The molecule has 1 aromatic rings. The average molecular weight is 249 g/mol. The standard InChI is InChI=1S/C16H27NO/c1-4-12-18-16-10-7-9-15(13-16)8-5-6-11-17-14(2)3/h7,9-10,13-14,17H,4-6,8,11-12H2,1-3H3. The van der Waals surface area contributed by atoms with E-state index in [1.54, 1.807) is 0 Å². The number of aryl methyl sites for hydroxylation is 1. The Balaban J connectivity index is 2.24. The van der Waals surface area contributed by atoms with Crippen molar-refractivity contribution < 1.29 is 4.74 Å². The minimum Gasteiger partial charge on any atom is -0.494 e. The predicted molar refractivity (Wildman–Crippen MR) is 78.3 cm³/mol. The first-order valence-electron chi connectivity index (χ1n) is 7.17. The minimum absolute atomic E-state index is 0.593. The van der Waals surface area contributed by atoms with E-state index in [0.717, 1.165) is 31.7 Å². The van der Waals surface area contributed by atoms with Crippen LogP contribution in [0.2, 0.25) is 0 Å². The smallest absolute Gasteiger partial charge is 0.119 e. The summed E-state index contributed by atoms with van der Waals surface area (Å²) in [6.07, 6.45) is 4.67. The highest BCUT2D eigenvalue weighted by molar-refractivity contribution is 5.28. The summed E-state index contributed by atoms with van der Waals surface area (Å²) < 4.78 is 5.64. The highest BCUT2D eigenvalue weighted by Crippen LogP contribution is 2.15. The van der Waals surface area contributed by atoms with Crippen molar-refractivity contribution in [2.75, 3.05) is 13.2 Å². The van der Waals surface area contributed by atoms with Gasteiger partial charge in [-0.1, -0.05) is 32.9 Å². The third-order valence-corrected chi connectivity index (χ3v) is 2.82. The molecule has 1 aromatic carbocycles. The summed E-state index contributed by atoms with van der Waals surface area (Å²) in [7, 11) is 0. The van der Waals surface area contributed by atoms with Crippen LogP contribution in [0.3, 0.4) is 0 Å². The number of unbranched alkanes of at least 4 members (excludes halogenated alkanes) is 1. The second kappa shape index (κ2) is 8.98. The Labute approximate surface area is 112 Å². The first kappa shape index (κ1) is 15.0. The van der Waals surface area contributed by atoms with E-state index in [2.05, 4.69) is 44.3 Å². The number of benzene rings is 1. The fourth-order valence-electron chi connectivity index (χ4n) is 1.86. The lowest BCUT2D eigenvalue weighted by atomic mass is 10.1. The van der Waals surface area contributed by atoms with Crippen molar-refractivity contribution >= 4 is 0 Å². The summed E-state index contributed by atoms with van der Waals surface area (Å²) in [6.45, 7) is 8.43. The topological polar surface area (TPSA) is 21.3 Å². The van der Waals surface area contributed by atoms with Gasteiger partial charge in [0.05, 0.1) is 6.61 Å². The van der Waals surface area contributed by atoms with Gasteiger partial charge in [0.1, 0.15) is 5.75 Å². The molecule has 0 saturated carbocycles. The minimum atomic E-state index is 0.593. The predicted octanol–water partition coefficient (Wildman–Crippen LogP) is 3.80. The quantitative estimate of drug-likeness (QED) is 0.672. The second-order valence-electron chi connectivity index (χ2n) is 5.06. The van der Waals surface area contributed by atoms with Gasteiger partial charge in [0.2, 0.25) is 0 Å². The van der Waals surface area contributed by atoms with Crippen LogP contribution in [-0.2, 0) is 6.42 Å². The van der Waals surface area contributed by atoms with Gasteiger partial charge >= 0.3 is 0 Å². The molecule has 0 heterocycles. The first-order chi connectivity index (χ1) is 8.72. The normalized spacial score (nSPS) is 10.9. The van der Waals surface area contributed by atoms with Crippen molar-refractivity contribution in [2.24, 2.45) is 0 Å². The van der Waals surface area contributed by atoms with Gasteiger partial charge in [-0.05, 0) is 49.9 Å². The highest BCUT2D eigenvalue weighted by Gasteiger charge is 1.98. The molecule has 2 nitrogen and oxygen atoms in total. The van der Waals surface area contributed by atoms with Crippen LogP contribution >= 0.6 is 0 Å². The molecular weight excluding hydrogens is 222 g/mol. The largest absolute Gasteiger partial charge is 0.494 e. The van der Waals surface area contributed by atoms with Crippen LogP contribution in [0.5, 0.6) is 5.75 Å². The molecule has 0 spiro atoms. The van der Waals surface area contributed by atoms with E-state index in [4.69, 9.17) is 4.74 Å². The van der Waals surface area contributed by atoms with Crippen LogP contribution in [0, 0.1) is 0 Å². The molecule has 0 radical (unpaired) electrons. The van der Waals surface area contributed by atoms with Gasteiger partial charge in [-0.2, -0.15) is 0 Å². The van der Waals surface area contributed by atoms with Gasteiger partial charge in [-0.15, -0.1) is 0 Å². The highest BCUT2D eigenvalue weighted by atomic mass is 16.5. The summed E-state index contributed by atoms with van der Waals surface area (Å²) in [5.41, 5.74) is 1.38. The Morgan fingerprint density at radius 1 is 1.22 bits per heavy atom. The Hall–Kier alpha value is -1.02. The fraction of sp³-hybridized carbons (Fsp3) is 0.625. The van der Waals surface area contributed by atoms with Crippen LogP contribution in [0.15, 0.2) is 24.3 Å². The second-order valence-corrected chi connectivity index (χ2v) is 5.06. The molecule has 0 aromatic heterocycles. The van der Waals surface area contributed by atoms with E-state index < -0.39 is 0 Å². The van der Waals surface area contributed by atoms with Crippen molar-refractivity contribution in [3.8, 4) is 5.75 Å². The third kappa shape index (κ3) is 6.65. The molecule has 0 fully saturated rings.